The molecule has 0 radical (unpaired) electrons. The summed E-state index contributed by atoms with van der Waals surface area (Å²) in [5.41, 5.74) is 3.37. The van der Waals surface area contributed by atoms with Crippen LogP contribution in [0.4, 0.5) is 0 Å². The minimum absolute atomic E-state index is 0. The van der Waals surface area contributed by atoms with Gasteiger partial charge in [0, 0.05) is 18.5 Å². The predicted molar refractivity (Wildman–Crippen MR) is 112 cm³/mol. The number of aromatic nitrogens is 1. The number of hydrogen-bond donors (Lipinski definition) is 2. The minimum Gasteiger partial charge on any atom is -0.496 e. The summed E-state index contributed by atoms with van der Waals surface area (Å²) in [6, 6.07) is 6.20. The Morgan fingerprint density at radius 2 is 1.92 bits per heavy atom. The Morgan fingerprint density at radius 1 is 1.21 bits per heavy atom. The van der Waals surface area contributed by atoms with E-state index in [1.165, 1.54) is 4.88 Å². The summed E-state index contributed by atoms with van der Waals surface area (Å²) in [5.74, 6) is 1.68. The number of aryl methyl sites for hydroxylation is 3. The zero-order valence-electron chi connectivity index (χ0n) is 14.8. The van der Waals surface area contributed by atoms with E-state index in [0.29, 0.717) is 6.54 Å². The van der Waals surface area contributed by atoms with Crippen LogP contribution < -0.4 is 15.4 Å². The van der Waals surface area contributed by atoms with Crippen LogP contribution in [-0.2, 0) is 13.1 Å². The number of ether oxygens (including phenoxy) is 1. The molecule has 0 unspecified atom stereocenters. The Kier molecular flexibility index (Phi) is 8.47. The molecule has 0 amide bonds. The highest BCUT2D eigenvalue weighted by molar-refractivity contribution is 14.0. The Morgan fingerprint density at radius 3 is 2.50 bits per heavy atom. The van der Waals surface area contributed by atoms with Gasteiger partial charge in [0.15, 0.2) is 5.96 Å². The molecule has 0 spiro atoms. The van der Waals surface area contributed by atoms with Crippen molar-refractivity contribution in [1.82, 2.24) is 15.6 Å². The lowest BCUT2D eigenvalue weighted by Gasteiger charge is -2.13. The van der Waals surface area contributed by atoms with Crippen LogP contribution in [0.5, 0.6) is 5.75 Å². The van der Waals surface area contributed by atoms with Crippen LogP contribution in [0.2, 0.25) is 0 Å². The Bertz CT molecular complexity index is 700. The molecule has 0 saturated heterocycles. The number of thiazole rings is 1. The quantitative estimate of drug-likeness (QED) is 0.407. The van der Waals surface area contributed by atoms with Crippen LogP contribution in [0.1, 0.15) is 26.7 Å². The maximum Gasteiger partial charge on any atom is 0.191 e. The zero-order chi connectivity index (χ0) is 16.8. The van der Waals surface area contributed by atoms with Gasteiger partial charge >= 0.3 is 0 Å². The number of aliphatic imine (C=N–C) groups is 1. The van der Waals surface area contributed by atoms with Crippen LogP contribution in [0.25, 0.3) is 0 Å². The SMILES string of the molecule is CN=C(NCc1ccc(C)c(OC)c1)NCc1sc(C)nc1C.I. The summed E-state index contributed by atoms with van der Waals surface area (Å²) in [6.07, 6.45) is 0. The highest BCUT2D eigenvalue weighted by Gasteiger charge is 2.06. The molecule has 2 aromatic rings. The summed E-state index contributed by atoms with van der Waals surface area (Å²) in [6.45, 7) is 7.52. The molecular weight excluding hydrogens is 435 g/mol. The molecule has 1 aromatic heterocycles. The number of benzene rings is 1. The minimum atomic E-state index is 0. The average Bonchev–Trinajstić information content (AvgIpc) is 2.86. The van der Waals surface area contributed by atoms with Gasteiger partial charge in [-0.15, -0.1) is 35.3 Å². The molecule has 0 aliphatic carbocycles. The second-order valence-corrected chi connectivity index (χ2v) is 6.61. The van der Waals surface area contributed by atoms with Crippen LogP contribution in [0, 0.1) is 20.8 Å². The fraction of sp³-hybridized carbons (Fsp3) is 0.412. The largest absolute Gasteiger partial charge is 0.496 e. The number of nitrogens with zero attached hydrogens (tertiary/aromatic N) is 2. The van der Waals surface area contributed by atoms with Crippen molar-refractivity contribution in [3.63, 3.8) is 0 Å². The maximum absolute atomic E-state index is 5.36. The Hall–Kier alpha value is -1.35. The first-order valence-corrected chi connectivity index (χ1v) is 8.36. The van der Waals surface area contributed by atoms with Crippen LogP contribution in [0.3, 0.4) is 0 Å². The standard InChI is InChI=1S/C17H24N4OS.HI/c1-11-6-7-14(8-15(11)22-5)9-19-17(18-4)20-10-16-12(2)21-13(3)23-16;/h6-8H,9-10H2,1-5H3,(H2,18,19,20);1H. The molecule has 0 bridgehead atoms. The smallest absolute Gasteiger partial charge is 0.191 e. The normalized spacial score (nSPS) is 11.0. The van der Waals surface area contributed by atoms with E-state index >= 15 is 0 Å². The molecular formula is C17H25IN4OS. The van der Waals surface area contributed by atoms with Crippen molar-refractivity contribution < 1.29 is 4.74 Å². The molecule has 1 aromatic carbocycles. The van der Waals surface area contributed by atoms with Crippen molar-refractivity contribution in [2.24, 2.45) is 4.99 Å². The van der Waals surface area contributed by atoms with Gasteiger partial charge in [-0.2, -0.15) is 0 Å². The zero-order valence-corrected chi connectivity index (χ0v) is 17.9. The molecule has 7 heteroatoms. The van der Waals surface area contributed by atoms with Gasteiger partial charge < -0.3 is 15.4 Å². The number of guanidine groups is 1. The van der Waals surface area contributed by atoms with Gasteiger partial charge in [-0.1, -0.05) is 12.1 Å². The summed E-state index contributed by atoms with van der Waals surface area (Å²) in [4.78, 5) is 9.94. The van der Waals surface area contributed by atoms with Gasteiger partial charge in [-0.05, 0) is 38.0 Å². The third-order valence-corrected chi connectivity index (χ3v) is 4.64. The van der Waals surface area contributed by atoms with Crippen molar-refractivity contribution >= 4 is 41.3 Å². The predicted octanol–water partition coefficient (Wildman–Crippen LogP) is 3.56. The van der Waals surface area contributed by atoms with Gasteiger partial charge in [0.2, 0.25) is 0 Å². The topological polar surface area (TPSA) is 58.5 Å². The summed E-state index contributed by atoms with van der Waals surface area (Å²) in [5, 5.41) is 7.74. The number of hydrogen-bond acceptors (Lipinski definition) is 4. The Balaban J connectivity index is 0.00000288. The second kappa shape index (κ2) is 9.83. The van der Waals surface area contributed by atoms with Crippen molar-refractivity contribution in [2.75, 3.05) is 14.2 Å². The summed E-state index contributed by atoms with van der Waals surface area (Å²) in [7, 11) is 3.47. The molecule has 0 fully saturated rings. The third kappa shape index (κ3) is 5.62. The lowest BCUT2D eigenvalue weighted by molar-refractivity contribution is 0.411. The van der Waals surface area contributed by atoms with E-state index in [9.17, 15) is 0 Å². The van der Waals surface area contributed by atoms with Crippen molar-refractivity contribution in [3.8, 4) is 5.75 Å². The fourth-order valence-electron chi connectivity index (χ4n) is 2.28. The first-order valence-electron chi connectivity index (χ1n) is 7.54. The molecule has 1 heterocycles. The monoisotopic (exact) mass is 460 g/mol. The molecule has 5 nitrogen and oxygen atoms in total. The lowest BCUT2D eigenvalue weighted by Crippen LogP contribution is -2.36. The number of rotatable bonds is 5. The molecule has 0 aliphatic rings. The second-order valence-electron chi connectivity index (χ2n) is 5.32. The Labute approximate surface area is 165 Å². The molecule has 0 aliphatic heterocycles. The van der Waals surface area contributed by atoms with Gasteiger partial charge in [0.05, 0.1) is 24.4 Å². The number of methoxy groups -OCH3 is 1. The average molecular weight is 460 g/mol. The van der Waals surface area contributed by atoms with E-state index < -0.39 is 0 Å². The van der Waals surface area contributed by atoms with Gasteiger partial charge in [0.25, 0.3) is 0 Å². The molecule has 2 rings (SSSR count). The molecule has 0 saturated carbocycles. The van der Waals surface area contributed by atoms with Gasteiger partial charge in [-0.25, -0.2) is 4.98 Å². The summed E-state index contributed by atoms with van der Waals surface area (Å²) >= 11 is 1.71. The fourth-order valence-corrected chi connectivity index (χ4v) is 3.16. The molecule has 132 valence electrons. The van der Waals surface area contributed by atoms with E-state index in [-0.39, 0.29) is 24.0 Å². The van der Waals surface area contributed by atoms with Crippen LogP contribution in [-0.4, -0.2) is 25.1 Å². The van der Waals surface area contributed by atoms with E-state index in [0.717, 1.165) is 40.1 Å². The van der Waals surface area contributed by atoms with E-state index in [4.69, 9.17) is 4.74 Å². The molecule has 24 heavy (non-hydrogen) atoms. The van der Waals surface area contributed by atoms with Crippen molar-refractivity contribution in [1.29, 1.82) is 0 Å². The first-order chi connectivity index (χ1) is 11.0. The van der Waals surface area contributed by atoms with Crippen molar-refractivity contribution in [3.05, 3.63) is 44.9 Å². The summed E-state index contributed by atoms with van der Waals surface area (Å²) < 4.78 is 5.36. The number of halogens is 1. The molecule has 0 atom stereocenters. The highest BCUT2D eigenvalue weighted by atomic mass is 127. The van der Waals surface area contributed by atoms with Crippen LogP contribution in [0.15, 0.2) is 23.2 Å². The third-order valence-electron chi connectivity index (χ3n) is 3.57. The lowest BCUT2D eigenvalue weighted by atomic mass is 10.1. The van der Waals surface area contributed by atoms with Crippen molar-refractivity contribution in [2.45, 2.75) is 33.9 Å². The number of nitrogens with one attached hydrogen (secondary N) is 2. The van der Waals surface area contributed by atoms with Crippen LogP contribution >= 0.6 is 35.3 Å². The van der Waals surface area contributed by atoms with Gasteiger partial charge in [-0.3, -0.25) is 4.99 Å². The van der Waals surface area contributed by atoms with E-state index in [2.05, 4.69) is 32.7 Å². The maximum atomic E-state index is 5.36. The van der Waals surface area contributed by atoms with E-state index in [1.807, 2.05) is 26.8 Å². The highest BCUT2D eigenvalue weighted by Crippen LogP contribution is 2.19. The van der Waals surface area contributed by atoms with Gasteiger partial charge in [0.1, 0.15) is 5.75 Å². The molecule has 2 N–H and O–H groups in total. The van der Waals surface area contributed by atoms with E-state index in [1.54, 1.807) is 25.5 Å². The first kappa shape index (κ1) is 20.7.